The lowest BCUT2D eigenvalue weighted by Crippen LogP contribution is -2.29. The maximum Gasteiger partial charge on any atom is 0.414 e. The molecule has 0 heterocycles. The molecule has 5 heteroatoms. The first-order valence-corrected chi connectivity index (χ1v) is 5.18. The zero-order valence-electron chi connectivity index (χ0n) is 8.83. The molecule has 0 spiro atoms. The molecule has 1 N–H and O–H groups in total. The molecule has 1 aliphatic carbocycles. The number of aliphatic hydroxyl groups is 1. The number of rotatable bonds is 5. The third-order valence-electron chi connectivity index (χ3n) is 2.25. The van der Waals surface area contributed by atoms with E-state index in [1.165, 1.54) is 0 Å². The summed E-state index contributed by atoms with van der Waals surface area (Å²) in [5, 5.41) is 8.69. The second-order valence-electron chi connectivity index (χ2n) is 3.66. The summed E-state index contributed by atoms with van der Waals surface area (Å²) in [6.07, 6.45) is 0.598. The molecule has 1 unspecified atom stereocenters. The lowest BCUT2D eigenvalue weighted by atomic mass is 10.1. The van der Waals surface area contributed by atoms with Gasteiger partial charge in [-0.3, -0.25) is 0 Å². The van der Waals surface area contributed by atoms with Gasteiger partial charge < -0.3 is 9.84 Å². The van der Waals surface area contributed by atoms with Crippen molar-refractivity contribution in [1.29, 1.82) is 0 Å². The van der Waals surface area contributed by atoms with Crippen LogP contribution >= 0.6 is 0 Å². The Morgan fingerprint density at radius 2 is 2.12 bits per heavy atom. The molecule has 1 rings (SSSR count). The molecule has 92 valence electrons. The van der Waals surface area contributed by atoms with Crippen molar-refractivity contribution in [2.24, 2.45) is 0 Å². The van der Waals surface area contributed by atoms with E-state index in [-0.39, 0.29) is 6.61 Å². The van der Waals surface area contributed by atoms with Gasteiger partial charge in [0.05, 0.1) is 6.61 Å². The van der Waals surface area contributed by atoms with Crippen molar-refractivity contribution in [3.8, 4) is 0 Å². The molecule has 0 saturated carbocycles. The zero-order valence-corrected chi connectivity index (χ0v) is 8.83. The fourth-order valence-electron chi connectivity index (χ4n) is 1.32. The van der Waals surface area contributed by atoms with E-state index in [9.17, 15) is 13.2 Å². The minimum Gasteiger partial charge on any atom is -0.384 e. The number of allylic oxidation sites excluding steroid dienone is 2. The number of hydrogen-bond donors (Lipinski definition) is 1. The van der Waals surface area contributed by atoms with Crippen LogP contribution in [0.25, 0.3) is 0 Å². The van der Waals surface area contributed by atoms with E-state index in [0.717, 1.165) is 18.4 Å². The van der Waals surface area contributed by atoms with Crippen LogP contribution in [0.1, 0.15) is 19.3 Å². The van der Waals surface area contributed by atoms with Crippen LogP contribution in [0.3, 0.4) is 0 Å². The lowest BCUT2D eigenvalue weighted by Gasteiger charge is -2.14. The molecule has 16 heavy (non-hydrogen) atoms. The van der Waals surface area contributed by atoms with Crippen LogP contribution in [0.5, 0.6) is 0 Å². The number of ether oxygens (including phenoxy) is 1. The van der Waals surface area contributed by atoms with Crippen LogP contribution in [0.2, 0.25) is 0 Å². The number of halogens is 3. The number of aliphatic hydroxyl groups excluding tert-OH is 1. The normalized spacial score (nSPS) is 18.4. The molecule has 0 fully saturated rings. The van der Waals surface area contributed by atoms with Crippen molar-refractivity contribution in [2.75, 3.05) is 13.2 Å². The number of alkyl halides is 3. The molecule has 2 nitrogen and oxygen atoms in total. The monoisotopic (exact) mass is 236 g/mol. The van der Waals surface area contributed by atoms with E-state index in [4.69, 9.17) is 9.84 Å². The quantitative estimate of drug-likeness (QED) is 0.743. The van der Waals surface area contributed by atoms with Crippen LogP contribution < -0.4 is 0 Å². The van der Waals surface area contributed by atoms with Crippen LogP contribution in [0, 0.1) is 0 Å². The Morgan fingerprint density at radius 1 is 1.38 bits per heavy atom. The van der Waals surface area contributed by atoms with Crippen molar-refractivity contribution >= 4 is 0 Å². The van der Waals surface area contributed by atoms with Crippen molar-refractivity contribution in [1.82, 2.24) is 0 Å². The van der Waals surface area contributed by atoms with Crippen molar-refractivity contribution in [3.05, 3.63) is 23.8 Å². The first-order valence-electron chi connectivity index (χ1n) is 5.18. The average molecular weight is 236 g/mol. The van der Waals surface area contributed by atoms with Gasteiger partial charge in [0.15, 0.2) is 6.10 Å². The van der Waals surface area contributed by atoms with Gasteiger partial charge in [-0.2, -0.15) is 13.2 Å². The van der Waals surface area contributed by atoms with Gasteiger partial charge in [-0.1, -0.05) is 18.2 Å². The molecule has 0 amide bonds. The Morgan fingerprint density at radius 3 is 2.69 bits per heavy atom. The average Bonchev–Trinajstić information content (AvgIpc) is 2.24. The fourth-order valence-corrected chi connectivity index (χ4v) is 1.32. The molecule has 0 aromatic rings. The van der Waals surface area contributed by atoms with E-state index in [2.05, 4.69) is 0 Å². The van der Waals surface area contributed by atoms with Gasteiger partial charge in [0, 0.05) is 13.0 Å². The van der Waals surface area contributed by atoms with Gasteiger partial charge in [0.2, 0.25) is 0 Å². The van der Waals surface area contributed by atoms with E-state index in [1.54, 1.807) is 0 Å². The van der Waals surface area contributed by atoms with E-state index < -0.39 is 18.7 Å². The molecule has 0 saturated heterocycles. The smallest absolute Gasteiger partial charge is 0.384 e. The fraction of sp³-hybridized carbons (Fsp3) is 0.636. The third kappa shape index (κ3) is 4.81. The van der Waals surface area contributed by atoms with Gasteiger partial charge >= 0.3 is 6.18 Å². The predicted octanol–water partition coefficient (Wildman–Crippen LogP) is 2.59. The van der Waals surface area contributed by atoms with Crippen molar-refractivity contribution < 1.29 is 23.0 Å². The van der Waals surface area contributed by atoms with Gasteiger partial charge in [-0.15, -0.1) is 0 Å². The van der Waals surface area contributed by atoms with Gasteiger partial charge in [-0.25, -0.2) is 0 Å². The van der Waals surface area contributed by atoms with Crippen LogP contribution in [0.15, 0.2) is 23.8 Å². The topological polar surface area (TPSA) is 29.5 Å². The Balaban J connectivity index is 2.12. The summed E-state index contributed by atoms with van der Waals surface area (Å²) in [6.45, 7) is 0.215. The van der Waals surface area contributed by atoms with Crippen LogP contribution in [-0.2, 0) is 4.74 Å². The van der Waals surface area contributed by atoms with Gasteiger partial charge in [-0.05, 0) is 18.4 Å². The second kappa shape index (κ2) is 6.06. The molecule has 1 aliphatic rings. The second-order valence-corrected chi connectivity index (χ2v) is 3.66. The highest BCUT2D eigenvalue weighted by Crippen LogP contribution is 2.22. The predicted molar refractivity (Wildman–Crippen MR) is 54.0 cm³/mol. The summed E-state index contributed by atoms with van der Waals surface area (Å²) in [4.78, 5) is 0. The van der Waals surface area contributed by atoms with Crippen LogP contribution in [-0.4, -0.2) is 30.6 Å². The minimum atomic E-state index is -4.55. The van der Waals surface area contributed by atoms with E-state index in [1.807, 2.05) is 18.2 Å². The highest BCUT2D eigenvalue weighted by Gasteiger charge is 2.37. The Bertz CT molecular complexity index is 269. The minimum absolute atomic E-state index is 0.0914. The molecule has 0 aromatic carbocycles. The summed E-state index contributed by atoms with van der Waals surface area (Å²) >= 11 is 0. The SMILES string of the molecule is OC(CCOCC1=CCCC=C1)C(F)(F)F. The van der Waals surface area contributed by atoms with E-state index in [0.29, 0.717) is 6.61 Å². The van der Waals surface area contributed by atoms with Crippen molar-refractivity contribution in [3.63, 3.8) is 0 Å². The number of hydrogen-bond acceptors (Lipinski definition) is 2. The van der Waals surface area contributed by atoms with Crippen LogP contribution in [0.4, 0.5) is 13.2 Å². The highest BCUT2D eigenvalue weighted by molar-refractivity contribution is 5.22. The summed E-state index contributed by atoms with van der Waals surface area (Å²) in [7, 11) is 0. The first kappa shape index (κ1) is 13.3. The summed E-state index contributed by atoms with van der Waals surface area (Å²) < 4.78 is 40.8. The molecule has 0 aromatic heterocycles. The highest BCUT2D eigenvalue weighted by atomic mass is 19.4. The maximum atomic E-state index is 11.9. The Labute approximate surface area is 92.4 Å². The van der Waals surface area contributed by atoms with Gasteiger partial charge in [0.1, 0.15) is 0 Å². The van der Waals surface area contributed by atoms with Crippen molar-refractivity contribution in [2.45, 2.75) is 31.5 Å². The Kier molecular flexibility index (Phi) is 5.02. The largest absolute Gasteiger partial charge is 0.414 e. The Hall–Kier alpha value is -0.810. The molecule has 0 aliphatic heterocycles. The first-order chi connectivity index (χ1) is 7.50. The molecular formula is C11H15F3O2. The molecule has 1 atom stereocenters. The third-order valence-corrected chi connectivity index (χ3v) is 2.25. The lowest BCUT2D eigenvalue weighted by molar-refractivity contribution is -0.207. The summed E-state index contributed by atoms with van der Waals surface area (Å²) in [5.74, 6) is 0. The van der Waals surface area contributed by atoms with E-state index >= 15 is 0 Å². The maximum absolute atomic E-state index is 11.9. The van der Waals surface area contributed by atoms with Gasteiger partial charge in [0.25, 0.3) is 0 Å². The standard InChI is InChI=1S/C11H15F3O2/c12-11(13,14)10(15)6-7-16-8-9-4-2-1-3-5-9/h2,4-5,10,15H,1,3,6-8H2. The molecular weight excluding hydrogens is 221 g/mol. The molecule has 0 radical (unpaired) electrons. The zero-order chi connectivity index (χ0) is 12.0. The summed E-state index contributed by atoms with van der Waals surface area (Å²) in [5.41, 5.74) is 0.979. The summed E-state index contributed by atoms with van der Waals surface area (Å²) in [6, 6.07) is 0. The molecule has 0 bridgehead atoms.